The summed E-state index contributed by atoms with van der Waals surface area (Å²) in [5.41, 5.74) is 2.43. The Hall–Kier alpha value is -0.825. The minimum absolute atomic E-state index is 1.15. The van der Waals surface area contributed by atoms with E-state index in [1.807, 2.05) is 6.92 Å². The Balaban J connectivity index is 2.90. The van der Waals surface area contributed by atoms with Gasteiger partial charge in [-0.05, 0) is 13.0 Å². The van der Waals surface area contributed by atoms with Crippen molar-refractivity contribution in [2.24, 2.45) is 0 Å². The lowest BCUT2D eigenvalue weighted by Crippen LogP contribution is -2.01. The predicted molar refractivity (Wildman–Crippen MR) is 52.5 cm³/mol. The van der Waals surface area contributed by atoms with Gasteiger partial charge in [0.2, 0.25) is 0 Å². The number of aryl methyl sites for hydroxylation is 1. The van der Waals surface area contributed by atoms with E-state index in [1.165, 1.54) is 10.2 Å². The molecule has 2 rings (SSSR count). The van der Waals surface area contributed by atoms with Gasteiger partial charge in [0.05, 0.1) is 15.2 Å². The lowest BCUT2D eigenvalue weighted by Gasteiger charge is -1.90. The fraction of sp³-hybridized carbons (Fsp3) is 0.125. The van der Waals surface area contributed by atoms with Crippen LogP contribution in [0.15, 0.2) is 18.2 Å². The molecule has 0 radical (unpaired) electrons. The first kappa shape index (κ1) is 6.86. The van der Waals surface area contributed by atoms with Gasteiger partial charge in [0.15, 0.2) is 0 Å². The Morgan fingerprint density at radius 1 is 1.45 bits per heavy atom. The summed E-state index contributed by atoms with van der Waals surface area (Å²) in [5, 5.41) is 1.15. The van der Waals surface area contributed by atoms with Crippen LogP contribution in [-0.2, 0) is 0 Å². The molecule has 54 valence electrons. The third-order valence-corrected chi connectivity index (χ3v) is 2.66. The number of para-hydroxylation sites is 1. The first-order valence-electron chi connectivity index (χ1n) is 3.60. The van der Waals surface area contributed by atoms with Crippen LogP contribution in [0.4, 0.5) is 0 Å². The molecule has 0 aliphatic heterocycles. The third-order valence-electron chi connectivity index (χ3n) is 1.73. The van der Waals surface area contributed by atoms with Crippen molar-refractivity contribution in [2.45, 2.75) is 6.92 Å². The minimum Gasteiger partial charge on any atom is -0.242 e. The van der Waals surface area contributed by atoms with Crippen molar-refractivity contribution in [1.29, 1.82) is 0 Å². The van der Waals surface area contributed by atoms with Gasteiger partial charge in [-0.3, -0.25) is 0 Å². The van der Waals surface area contributed by atoms with Crippen molar-refractivity contribution in [2.75, 3.05) is 0 Å². The molecule has 3 heteroatoms. The average molecular weight is 161 g/mol. The number of thiazole rings is 1. The van der Waals surface area contributed by atoms with Gasteiger partial charge in [0.25, 0.3) is 0 Å². The number of nitrogens with zero attached hydrogens (tertiary/aromatic N) is 1. The molecule has 1 aromatic heterocycles. The first-order valence-corrected chi connectivity index (χ1v) is 4.42. The smallest absolute Gasteiger partial charge is 0.142 e. The maximum Gasteiger partial charge on any atom is 0.142 e. The van der Waals surface area contributed by atoms with E-state index in [0.29, 0.717) is 0 Å². The highest BCUT2D eigenvalue weighted by Crippen LogP contribution is 2.18. The van der Waals surface area contributed by atoms with Crippen LogP contribution in [0.1, 0.15) is 5.01 Å². The fourth-order valence-electron chi connectivity index (χ4n) is 1.20. The first-order chi connectivity index (χ1) is 5.27. The maximum atomic E-state index is 4.43. The summed E-state index contributed by atoms with van der Waals surface area (Å²) in [4.78, 5) is 4.43. The second-order valence-corrected chi connectivity index (χ2v) is 3.89. The van der Waals surface area contributed by atoms with E-state index in [0.717, 1.165) is 10.5 Å². The Morgan fingerprint density at radius 3 is 3.00 bits per heavy atom. The normalized spacial score (nSPS) is 10.6. The van der Waals surface area contributed by atoms with Crippen LogP contribution in [0.2, 0.25) is 0 Å². The molecule has 0 aliphatic rings. The summed E-state index contributed by atoms with van der Waals surface area (Å²) < 4.78 is 1.29. The van der Waals surface area contributed by atoms with Gasteiger partial charge in [-0.15, -0.1) is 11.3 Å². The fourth-order valence-corrected chi connectivity index (χ4v) is 2.10. The van der Waals surface area contributed by atoms with Crippen molar-refractivity contribution in [3.05, 3.63) is 23.2 Å². The molecule has 11 heavy (non-hydrogen) atoms. The van der Waals surface area contributed by atoms with Crippen molar-refractivity contribution < 1.29 is 0 Å². The number of rotatable bonds is 0. The number of fused-ring (bicyclic) bond motifs is 1. The number of hydrogen-bond donors (Lipinski definition) is 0. The van der Waals surface area contributed by atoms with Crippen LogP contribution in [0.5, 0.6) is 0 Å². The molecule has 0 unspecified atom stereocenters. The van der Waals surface area contributed by atoms with Crippen LogP contribution >= 0.6 is 11.3 Å². The molecule has 1 heterocycles. The van der Waals surface area contributed by atoms with E-state index in [-0.39, 0.29) is 0 Å². The second kappa shape index (κ2) is 2.34. The number of aromatic nitrogens is 1. The quantitative estimate of drug-likeness (QED) is 0.522. The molecular weight excluding hydrogens is 153 g/mol. The number of hydrogen-bond acceptors (Lipinski definition) is 2. The molecule has 0 saturated carbocycles. The largest absolute Gasteiger partial charge is 0.242 e. The number of benzene rings is 1. The van der Waals surface area contributed by atoms with Gasteiger partial charge in [-0.1, -0.05) is 17.6 Å². The second-order valence-electron chi connectivity index (χ2n) is 2.65. The highest BCUT2D eigenvalue weighted by molar-refractivity contribution is 7.18. The van der Waals surface area contributed by atoms with Crippen LogP contribution in [-0.4, -0.2) is 12.8 Å². The summed E-state index contributed by atoms with van der Waals surface area (Å²) in [5.74, 6) is 0. The molecule has 0 N–H and O–H groups in total. The minimum atomic E-state index is 1.15. The molecule has 0 saturated heterocycles. The lowest BCUT2D eigenvalue weighted by atomic mass is 9.95. The molecule has 1 nitrogen and oxygen atoms in total. The van der Waals surface area contributed by atoms with Gasteiger partial charge in [0, 0.05) is 0 Å². The monoisotopic (exact) mass is 161 g/mol. The van der Waals surface area contributed by atoms with Crippen LogP contribution < -0.4 is 5.46 Å². The highest BCUT2D eigenvalue weighted by atomic mass is 32.1. The zero-order valence-electron chi connectivity index (χ0n) is 6.59. The van der Waals surface area contributed by atoms with E-state index in [9.17, 15) is 0 Å². The zero-order valence-corrected chi connectivity index (χ0v) is 7.40. The summed E-state index contributed by atoms with van der Waals surface area (Å²) >= 11 is 1.76. The summed E-state index contributed by atoms with van der Waals surface area (Å²) in [7, 11) is 2.10. The van der Waals surface area contributed by atoms with E-state index >= 15 is 0 Å². The highest BCUT2D eigenvalue weighted by Gasteiger charge is 2.00. The van der Waals surface area contributed by atoms with Crippen molar-refractivity contribution in [3.8, 4) is 0 Å². The summed E-state index contributed by atoms with van der Waals surface area (Å²) in [6.45, 7) is 2.05. The van der Waals surface area contributed by atoms with Crippen molar-refractivity contribution >= 4 is 34.9 Å². The SMILES string of the molecule is Bc1cccc2sc(C)nc12. The van der Waals surface area contributed by atoms with E-state index < -0.39 is 0 Å². The lowest BCUT2D eigenvalue weighted by molar-refractivity contribution is 1.35. The van der Waals surface area contributed by atoms with Gasteiger partial charge in [-0.25, -0.2) is 4.98 Å². The van der Waals surface area contributed by atoms with Gasteiger partial charge < -0.3 is 0 Å². The van der Waals surface area contributed by atoms with Crippen LogP contribution in [0.3, 0.4) is 0 Å². The zero-order chi connectivity index (χ0) is 7.84. The Bertz CT molecular complexity index is 394. The molecule has 0 atom stereocenters. The van der Waals surface area contributed by atoms with Gasteiger partial charge >= 0.3 is 0 Å². The van der Waals surface area contributed by atoms with Gasteiger partial charge in [0.1, 0.15) is 7.85 Å². The topological polar surface area (TPSA) is 12.9 Å². The summed E-state index contributed by atoms with van der Waals surface area (Å²) in [6, 6.07) is 6.30. The maximum absolute atomic E-state index is 4.43. The van der Waals surface area contributed by atoms with E-state index in [4.69, 9.17) is 0 Å². The summed E-state index contributed by atoms with van der Waals surface area (Å²) in [6.07, 6.45) is 0. The standard InChI is InChI=1S/C8H8BNS/c1-5-10-8-6(9)3-2-4-7(8)11-5/h2-4H,9H2,1H3. The molecular formula is C8H8BNS. The van der Waals surface area contributed by atoms with Crippen molar-refractivity contribution in [1.82, 2.24) is 4.98 Å². The molecule has 0 fully saturated rings. The average Bonchev–Trinajstić information content (AvgIpc) is 2.31. The van der Waals surface area contributed by atoms with Crippen molar-refractivity contribution in [3.63, 3.8) is 0 Å². The molecule has 0 spiro atoms. The van der Waals surface area contributed by atoms with Gasteiger partial charge in [-0.2, -0.15) is 0 Å². The molecule has 0 amide bonds. The Labute approximate surface area is 70.5 Å². The Kier molecular flexibility index (Phi) is 1.46. The Morgan fingerprint density at radius 2 is 2.27 bits per heavy atom. The molecule has 1 aromatic carbocycles. The molecule has 0 bridgehead atoms. The van der Waals surface area contributed by atoms with Crippen LogP contribution in [0.25, 0.3) is 10.2 Å². The third kappa shape index (κ3) is 1.05. The van der Waals surface area contributed by atoms with E-state index in [1.54, 1.807) is 11.3 Å². The van der Waals surface area contributed by atoms with E-state index in [2.05, 4.69) is 31.0 Å². The molecule has 2 aromatic rings. The van der Waals surface area contributed by atoms with Crippen LogP contribution in [0, 0.1) is 6.92 Å². The molecule has 0 aliphatic carbocycles. The predicted octanol–water partition coefficient (Wildman–Crippen LogP) is 0.863.